The Labute approximate surface area is 196 Å². The van der Waals surface area contributed by atoms with Crippen LogP contribution in [0.1, 0.15) is 24.5 Å². The zero-order valence-electron chi connectivity index (χ0n) is 18.6. The van der Waals surface area contributed by atoms with Gasteiger partial charge in [0.15, 0.2) is 17.3 Å². The van der Waals surface area contributed by atoms with E-state index < -0.39 is 5.91 Å². The highest BCUT2D eigenvalue weighted by atomic mass is 32.2. The molecule has 0 aliphatic carbocycles. The van der Waals surface area contributed by atoms with Crippen LogP contribution in [-0.4, -0.2) is 47.3 Å². The zero-order valence-corrected chi connectivity index (χ0v) is 19.4. The quantitative estimate of drug-likeness (QED) is 0.457. The van der Waals surface area contributed by atoms with Crippen molar-refractivity contribution in [1.82, 2.24) is 5.01 Å². The third kappa shape index (κ3) is 5.09. The Bertz CT molecular complexity index is 1190. The molecule has 0 atom stereocenters. The number of methoxy groups -OCH3 is 1. The van der Waals surface area contributed by atoms with Gasteiger partial charge >= 0.3 is 0 Å². The van der Waals surface area contributed by atoms with Gasteiger partial charge in [0.25, 0.3) is 5.91 Å². The maximum atomic E-state index is 12.5. The highest BCUT2D eigenvalue weighted by Crippen LogP contribution is 2.32. The highest BCUT2D eigenvalue weighted by Gasteiger charge is 2.35. The van der Waals surface area contributed by atoms with E-state index in [-0.39, 0.29) is 11.4 Å². The van der Waals surface area contributed by atoms with Gasteiger partial charge in [0, 0.05) is 0 Å². The standard InChI is InChI=1S/C24H24N4O4S/c1-4-21-27-28-22(25)18(23(29)26-24(28)33-21)13-16-8-9-19(20(14-16)30-3)32-11-10-31-17-7-5-6-15(2)12-17/h5-9,12-14,25H,4,10-11H2,1-3H3. The molecule has 8 nitrogen and oxygen atoms in total. The summed E-state index contributed by atoms with van der Waals surface area (Å²) in [7, 11) is 1.55. The van der Waals surface area contributed by atoms with Gasteiger partial charge in [0.1, 0.15) is 24.0 Å². The van der Waals surface area contributed by atoms with Crippen molar-refractivity contribution in [3.8, 4) is 17.2 Å². The van der Waals surface area contributed by atoms with E-state index in [4.69, 9.17) is 19.6 Å². The molecule has 9 heteroatoms. The second-order valence-electron chi connectivity index (χ2n) is 7.29. The molecule has 2 aliphatic rings. The third-order valence-corrected chi connectivity index (χ3v) is 5.95. The number of amides is 1. The Hall–Kier alpha value is -3.59. The van der Waals surface area contributed by atoms with E-state index in [2.05, 4.69) is 10.1 Å². The van der Waals surface area contributed by atoms with E-state index in [1.165, 1.54) is 16.8 Å². The number of hydrogen-bond donors (Lipinski definition) is 1. The molecule has 0 fully saturated rings. The lowest BCUT2D eigenvalue weighted by molar-refractivity contribution is -0.114. The Balaban J connectivity index is 1.44. The number of nitrogens with one attached hydrogen (secondary N) is 1. The first-order chi connectivity index (χ1) is 16.0. The largest absolute Gasteiger partial charge is 0.493 e. The molecule has 1 amide bonds. The van der Waals surface area contributed by atoms with Crippen LogP contribution in [0.5, 0.6) is 17.2 Å². The van der Waals surface area contributed by atoms with Crippen molar-refractivity contribution in [1.29, 1.82) is 5.41 Å². The van der Waals surface area contributed by atoms with Crippen LogP contribution in [0.15, 0.2) is 58.1 Å². The van der Waals surface area contributed by atoms with Gasteiger partial charge in [-0.15, -0.1) is 0 Å². The lowest BCUT2D eigenvalue weighted by Gasteiger charge is -2.20. The molecular formula is C24H24N4O4S. The minimum atomic E-state index is -0.459. The smallest absolute Gasteiger partial charge is 0.283 e. The fraction of sp³-hybridized carbons (Fsp3) is 0.250. The number of hydrazone groups is 1. The van der Waals surface area contributed by atoms with Gasteiger partial charge in [0.05, 0.1) is 12.7 Å². The molecule has 4 rings (SSSR count). The predicted octanol–water partition coefficient (Wildman–Crippen LogP) is 4.49. The van der Waals surface area contributed by atoms with Crippen LogP contribution in [0.2, 0.25) is 0 Å². The van der Waals surface area contributed by atoms with E-state index in [1.54, 1.807) is 31.4 Å². The van der Waals surface area contributed by atoms with Crippen LogP contribution in [0.25, 0.3) is 6.08 Å². The second kappa shape index (κ2) is 9.91. The van der Waals surface area contributed by atoms with Crippen LogP contribution >= 0.6 is 11.8 Å². The normalized spacial score (nSPS) is 16.5. The summed E-state index contributed by atoms with van der Waals surface area (Å²) in [5, 5.41) is 15.4. The summed E-state index contributed by atoms with van der Waals surface area (Å²) in [5.74, 6) is 1.42. The molecule has 0 radical (unpaired) electrons. The number of carbonyl (C=O) groups is 1. The van der Waals surface area contributed by atoms with Crippen molar-refractivity contribution in [2.24, 2.45) is 10.1 Å². The summed E-state index contributed by atoms with van der Waals surface area (Å²) < 4.78 is 17.0. The number of aryl methyl sites for hydroxylation is 1. The average Bonchev–Trinajstić information content (AvgIpc) is 3.23. The van der Waals surface area contributed by atoms with E-state index in [0.29, 0.717) is 35.4 Å². The van der Waals surface area contributed by atoms with E-state index in [1.807, 2.05) is 38.1 Å². The van der Waals surface area contributed by atoms with Gasteiger partial charge in [-0.1, -0.05) is 25.1 Å². The monoisotopic (exact) mass is 464 g/mol. The van der Waals surface area contributed by atoms with Gasteiger partial charge in [-0.25, -0.2) is 0 Å². The first-order valence-corrected chi connectivity index (χ1v) is 11.3. The number of fused-ring (bicyclic) bond motifs is 1. The molecule has 2 aromatic carbocycles. The maximum Gasteiger partial charge on any atom is 0.283 e. The molecule has 1 N–H and O–H groups in total. The zero-order chi connectivity index (χ0) is 23.4. The number of nitrogens with zero attached hydrogens (tertiary/aromatic N) is 3. The van der Waals surface area contributed by atoms with Gasteiger partial charge < -0.3 is 14.2 Å². The molecule has 0 saturated carbocycles. The lowest BCUT2D eigenvalue weighted by atomic mass is 10.1. The lowest BCUT2D eigenvalue weighted by Crippen LogP contribution is -2.35. The van der Waals surface area contributed by atoms with Crippen LogP contribution in [0, 0.1) is 12.3 Å². The molecule has 0 saturated heterocycles. The molecule has 0 bridgehead atoms. The number of thioether (sulfide) groups is 1. The van der Waals surface area contributed by atoms with Crippen LogP contribution in [-0.2, 0) is 4.79 Å². The number of amidine groups is 2. The minimum Gasteiger partial charge on any atom is -0.493 e. The SMILES string of the molecule is CCC1=NN2C(=N)C(=Cc3ccc(OCCOc4cccc(C)c4)c(OC)c3)C(=O)N=C2S1. The van der Waals surface area contributed by atoms with Gasteiger partial charge in [0.2, 0.25) is 5.17 Å². The fourth-order valence-electron chi connectivity index (χ4n) is 3.25. The van der Waals surface area contributed by atoms with Crippen LogP contribution in [0.3, 0.4) is 0 Å². The Kier molecular flexibility index (Phi) is 6.79. The maximum absolute atomic E-state index is 12.5. The number of benzene rings is 2. The molecule has 170 valence electrons. The Morgan fingerprint density at radius 3 is 2.70 bits per heavy atom. The molecule has 0 spiro atoms. The minimum absolute atomic E-state index is 0.00791. The molecule has 0 aromatic heterocycles. The fourth-order valence-corrected chi connectivity index (χ4v) is 4.08. The van der Waals surface area contributed by atoms with Crippen LogP contribution in [0.4, 0.5) is 0 Å². The number of aliphatic imine (C=N–C) groups is 1. The summed E-state index contributed by atoms with van der Waals surface area (Å²) in [6, 6.07) is 13.1. The average molecular weight is 465 g/mol. The molecule has 2 aliphatic heterocycles. The number of carbonyl (C=O) groups excluding carboxylic acids is 1. The van der Waals surface area contributed by atoms with Crippen molar-refractivity contribution in [3.05, 3.63) is 59.2 Å². The summed E-state index contributed by atoms with van der Waals surface area (Å²) in [5.41, 5.74) is 1.99. The predicted molar refractivity (Wildman–Crippen MR) is 130 cm³/mol. The van der Waals surface area contributed by atoms with E-state index in [9.17, 15) is 4.79 Å². The molecule has 0 unspecified atom stereocenters. The highest BCUT2D eigenvalue weighted by molar-refractivity contribution is 8.26. The first-order valence-electron chi connectivity index (χ1n) is 10.5. The summed E-state index contributed by atoms with van der Waals surface area (Å²) in [6.45, 7) is 4.71. The molecule has 2 heterocycles. The van der Waals surface area contributed by atoms with Crippen LogP contribution < -0.4 is 14.2 Å². The van der Waals surface area contributed by atoms with Gasteiger partial charge in [-0.2, -0.15) is 15.1 Å². The van der Waals surface area contributed by atoms with Crippen molar-refractivity contribution >= 4 is 39.8 Å². The second-order valence-corrected chi connectivity index (χ2v) is 8.33. The molecule has 33 heavy (non-hydrogen) atoms. The van der Waals surface area contributed by atoms with Gasteiger partial charge in [-0.3, -0.25) is 10.2 Å². The number of rotatable bonds is 8. The first kappa shape index (κ1) is 22.6. The third-order valence-electron chi connectivity index (χ3n) is 4.90. The summed E-state index contributed by atoms with van der Waals surface area (Å²) in [4.78, 5) is 16.6. The Morgan fingerprint density at radius 1 is 1.12 bits per heavy atom. The Morgan fingerprint density at radius 2 is 1.94 bits per heavy atom. The summed E-state index contributed by atoms with van der Waals surface area (Å²) in [6.07, 6.45) is 2.33. The number of hydrogen-bond acceptors (Lipinski definition) is 7. The van der Waals surface area contributed by atoms with Crippen molar-refractivity contribution in [2.45, 2.75) is 20.3 Å². The van der Waals surface area contributed by atoms with Crippen molar-refractivity contribution in [3.63, 3.8) is 0 Å². The van der Waals surface area contributed by atoms with E-state index in [0.717, 1.165) is 22.8 Å². The molecule has 2 aromatic rings. The van der Waals surface area contributed by atoms with Crippen molar-refractivity contribution in [2.75, 3.05) is 20.3 Å². The van der Waals surface area contributed by atoms with E-state index >= 15 is 0 Å². The van der Waals surface area contributed by atoms with Gasteiger partial charge in [-0.05, 0) is 66.6 Å². The summed E-state index contributed by atoms with van der Waals surface area (Å²) >= 11 is 1.32. The molecular weight excluding hydrogens is 440 g/mol. The topological polar surface area (TPSA) is 96.6 Å². The van der Waals surface area contributed by atoms with Crippen molar-refractivity contribution < 1.29 is 19.0 Å². The number of ether oxygens (including phenoxy) is 3.